The molecule has 0 bridgehead atoms. The van der Waals surface area contributed by atoms with Crippen molar-refractivity contribution in [1.29, 1.82) is 0 Å². The van der Waals surface area contributed by atoms with Crippen molar-refractivity contribution < 1.29 is 5.11 Å². The highest BCUT2D eigenvalue weighted by Crippen LogP contribution is 1.81. The molecular formula is C4H6OS. The van der Waals surface area contributed by atoms with Gasteiger partial charge in [0.05, 0.1) is 0 Å². The molecule has 6 heavy (non-hydrogen) atoms. The molecule has 0 aromatic heterocycles. The van der Waals surface area contributed by atoms with Gasteiger partial charge in [-0.15, -0.1) is 0 Å². The predicted octanol–water partition coefficient (Wildman–Crippen LogP) is 0.303. The number of aliphatic hydroxyl groups is 1. The van der Waals surface area contributed by atoms with Gasteiger partial charge in [-0.25, -0.2) is 0 Å². The summed E-state index contributed by atoms with van der Waals surface area (Å²) in [7, 11) is 0. The summed E-state index contributed by atoms with van der Waals surface area (Å²) < 4.78 is 0. The molecule has 0 amide bonds. The third-order valence-electron chi connectivity index (χ3n) is 0.253. The Kier molecular flexibility index (Phi) is 4.76. The molecule has 0 rings (SSSR count). The van der Waals surface area contributed by atoms with Gasteiger partial charge in [-0.2, -0.15) is 0 Å². The van der Waals surface area contributed by atoms with Crippen LogP contribution in [0.4, 0.5) is 0 Å². The maximum absolute atomic E-state index is 8.01. The monoisotopic (exact) mass is 102 g/mol. The summed E-state index contributed by atoms with van der Waals surface area (Å²) in [6.07, 6.45) is 1.86. The van der Waals surface area contributed by atoms with Gasteiger partial charge in [0.1, 0.15) is 6.61 Å². The number of hydrogen-bond acceptors (Lipinski definition) is 2. The number of hydrogen-bond donors (Lipinski definition) is 1. The van der Waals surface area contributed by atoms with E-state index >= 15 is 0 Å². The van der Waals surface area contributed by atoms with Gasteiger partial charge in [0.25, 0.3) is 0 Å². The van der Waals surface area contributed by atoms with Crippen molar-refractivity contribution in [1.82, 2.24) is 0 Å². The lowest BCUT2D eigenvalue weighted by Gasteiger charge is -1.65. The SMILES string of the molecule is CSC#CCO. The Labute approximate surface area is 41.8 Å². The normalized spacial score (nSPS) is 6.33. The molecule has 34 valence electrons. The van der Waals surface area contributed by atoms with Gasteiger partial charge in [-0.05, 0) is 11.5 Å². The van der Waals surface area contributed by atoms with Gasteiger partial charge >= 0.3 is 0 Å². The predicted molar refractivity (Wildman–Crippen MR) is 28.4 cm³/mol. The minimum Gasteiger partial charge on any atom is -0.384 e. The zero-order valence-corrected chi connectivity index (χ0v) is 4.38. The Hall–Kier alpha value is -0.130. The van der Waals surface area contributed by atoms with E-state index in [0.717, 1.165) is 0 Å². The molecule has 0 fully saturated rings. The summed E-state index contributed by atoms with van der Waals surface area (Å²) >= 11 is 1.41. The summed E-state index contributed by atoms with van der Waals surface area (Å²) in [5, 5.41) is 10.6. The molecule has 0 aromatic carbocycles. The van der Waals surface area contributed by atoms with Crippen LogP contribution in [0.15, 0.2) is 0 Å². The molecule has 0 unspecified atom stereocenters. The van der Waals surface area contributed by atoms with Crippen molar-refractivity contribution in [3.8, 4) is 11.2 Å². The van der Waals surface area contributed by atoms with E-state index in [0.29, 0.717) is 0 Å². The van der Waals surface area contributed by atoms with Crippen LogP contribution in [0.3, 0.4) is 0 Å². The quantitative estimate of drug-likeness (QED) is 0.444. The molecule has 0 aliphatic carbocycles. The Morgan fingerprint density at radius 3 is 2.67 bits per heavy atom. The van der Waals surface area contributed by atoms with Gasteiger partial charge in [0.15, 0.2) is 0 Å². The summed E-state index contributed by atoms with van der Waals surface area (Å²) in [4.78, 5) is 0. The van der Waals surface area contributed by atoms with Crippen LogP contribution in [0, 0.1) is 11.2 Å². The van der Waals surface area contributed by atoms with Gasteiger partial charge < -0.3 is 5.11 Å². The molecule has 0 radical (unpaired) electrons. The first-order chi connectivity index (χ1) is 2.91. The summed E-state index contributed by atoms with van der Waals surface area (Å²) in [5.74, 6) is 2.47. The van der Waals surface area contributed by atoms with E-state index in [1.807, 2.05) is 6.26 Å². The van der Waals surface area contributed by atoms with E-state index in [-0.39, 0.29) is 6.61 Å². The van der Waals surface area contributed by atoms with Gasteiger partial charge in [-0.1, -0.05) is 17.7 Å². The molecule has 0 spiro atoms. The molecule has 1 nitrogen and oxygen atoms in total. The van der Waals surface area contributed by atoms with Crippen LogP contribution in [0.2, 0.25) is 0 Å². The van der Waals surface area contributed by atoms with E-state index in [1.165, 1.54) is 11.8 Å². The zero-order chi connectivity index (χ0) is 4.83. The standard InChI is InChI=1S/C4H6OS/c1-6-4-2-3-5/h5H,3H2,1H3. The molecule has 0 aliphatic heterocycles. The molecule has 0 aromatic rings. The first-order valence-corrected chi connectivity index (χ1v) is 2.76. The minimum atomic E-state index is -0.0269. The van der Waals surface area contributed by atoms with Crippen LogP contribution < -0.4 is 0 Å². The van der Waals surface area contributed by atoms with Crippen LogP contribution in [0.25, 0.3) is 0 Å². The Balaban J connectivity index is 2.90. The molecule has 0 saturated heterocycles. The molecular weight excluding hydrogens is 96.1 g/mol. The van der Waals surface area contributed by atoms with Crippen molar-refractivity contribution in [2.75, 3.05) is 12.9 Å². The molecule has 0 aliphatic rings. The molecule has 2 heteroatoms. The average Bonchev–Trinajstić information content (AvgIpc) is 1.61. The van der Waals surface area contributed by atoms with E-state index in [4.69, 9.17) is 5.11 Å². The van der Waals surface area contributed by atoms with E-state index in [1.54, 1.807) is 0 Å². The fraction of sp³-hybridized carbons (Fsp3) is 0.500. The largest absolute Gasteiger partial charge is 0.384 e. The molecule has 0 saturated carbocycles. The third-order valence-corrected chi connectivity index (χ3v) is 0.602. The zero-order valence-electron chi connectivity index (χ0n) is 3.56. The topological polar surface area (TPSA) is 20.2 Å². The van der Waals surface area contributed by atoms with Crippen LogP contribution in [0.5, 0.6) is 0 Å². The fourth-order valence-corrected chi connectivity index (χ4v) is 0.313. The van der Waals surface area contributed by atoms with Crippen LogP contribution in [0.1, 0.15) is 0 Å². The van der Waals surface area contributed by atoms with Gasteiger partial charge in [0.2, 0.25) is 0 Å². The lowest BCUT2D eigenvalue weighted by molar-refractivity contribution is 0.351. The number of thioether (sulfide) groups is 1. The maximum atomic E-state index is 8.01. The number of rotatable bonds is 0. The highest BCUT2D eigenvalue weighted by molar-refractivity contribution is 8.03. The van der Waals surface area contributed by atoms with E-state index in [9.17, 15) is 0 Å². The van der Waals surface area contributed by atoms with E-state index < -0.39 is 0 Å². The Bertz CT molecular complexity index is 61.4. The average molecular weight is 102 g/mol. The summed E-state index contributed by atoms with van der Waals surface area (Å²) in [6, 6.07) is 0. The Morgan fingerprint density at radius 2 is 2.50 bits per heavy atom. The van der Waals surface area contributed by atoms with Crippen molar-refractivity contribution in [3.63, 3.8) is 0 Å². The van der Waals surface area contributed by atoms with Crippen LogP contribution in [-0.4, -0.2) is 18.0 Å². The molecule has 0 atom stereocenters. The van der Waals surface area contributed by atoms with Crippen molar-refractivity contribution in [3.05, 3.63) is 0 Å². The molecule has 1 N–H and O–H groups in total. The van der Waals surface area contributed by atoms with Gasteiger partial charge in [-0.3, -0.25) is 0 Å². The summed E-state index contributed by atoms with van der Waals surface area (Å²) in [6.45, 7) is -0.0269. The van der Waals surface area contributed by atoms with Crippen molar-refractivity contribution in [2.45, 2.75) is 0 Å². The maximum Gasteiger partial charge on any atom is 0.105 e. The lowest BCUT2D eigenvalue weighted by Crippen LogP contribution is -1.67. The summed E-state index contributed by atoms with van der Waals surface area (Å²) in [5.41, 5.74) is 0. The first kappa shape index (κ1) is 5.87. The second-order valence-corrected chi connectivity index (χ2v) is 1.25. The molecule has 0 heterocycles. The first-order valence-electron chi connectivity index (χ1n) is 1.53. The van der Waals surface area contributed by atoms with Crippen molar-refractivity contribution >= 4 is 11.8 Å². The fourth-order valence-electron chi connectivity index (χ4n) is 0.104. The second kappa shape index (κ2) is 4.87. The lowest BCUT2D eigenvalue weighted by atomic mass is 10.8. The smallest absolute Gasteiger partial charge is 0.105 e. The van der Waals surface area contributed by atoms with Crippen LogP contribution >= 0.6 is 11.8 Å². The second-order valence-electron chi connectivity index (χ2n) is 0.641. The highest BCUT2D eigenvalue weighted by atomic mass is 32.2. The minimum absolute atomic E-state index is 0.0269. The Morgan fingerprint density at radius 1 is 1.83 bits per heavy atom. The van der Waals surface area contributed by atoms with Gasteiger partial charge in [0, 0.05) is 0 Å². The highest BCUT2D eigenvalue weighted by Gasteiger charge is 1.56. The number of aliphatic hydroxyl groups excluding tert-OH is 1. The third kappa shape index (κ3) is 3.87. The van der Waals surface area contributed by atoms with Crippen molar-refractivity contribution in [2.24, 2.45) is 0 Å². The van der Waals surface area contributed by atoms with Crippen LogP contribution in [-0.2, 0) is 0 Å². The van der Waals surface area contributed by atoms with E-state index in [2.05, 4.69) is 11.2 Å².